The van der Waals surface area contributed by atoms with E-state index in [1.165, 1.54) is 67.4 Å². The van der Waals surface area contributed by atoms with Crippen LogP contribution in [0.25, 0.3) is 0 Å². The molecule has 2 aliphatic carbocycles. The number of carbonyl (C=O) groups excluding carboxylic acids is 1. The maximum absolute atomic E-state index is 12.4. The zero-order chi connectivity index (χ0) is 16.4. The van der Waals surface area contributed by atoms with E-state index in [1.54, 1.807) is 11.3 Å². The highest BCUT2D eigenvalue weighted by Gasteiger charge is 2.30. The lowest BCUT2D eigenvalue weighted by Crippen LogP contribution is -2.28. The maximum Gasteiger partial charge on any atom is 0.261 e. The van der Waals surface area contributed by atoms with Gasteiger partial charge in [0.15, 0.2) is 0 Å². The van der Waals surface area contributed by atoms with E-state index >= 15 is 0 Å². The van der Waals surface area contributed by atoms with Crippen molar-refractivity contribution in [1.29, 1.82) is 0 Å². The lowest BCUT2D eigenvalue weighted by atomic mass is 9.97. The predicted octanol–water partition coefficient (Wildman–Crippen LogP) is 4.63. The first kappa shape index (κ1) is 16.3. The summed E-state index contributed by atoms with van der Waals surface area (Å²) in [7, 11) is 0. The lowest BCUT2D eigenvalue weighted by Gasteiger charge is -2.22. The van der Waals surface area contributed by atoms with E-state index in [0.29, 0.717) is 0 Å². The summed E-state index contributed by atoms with van der Waals surface area (Å²) in [5.74, 6) is 0.123. The Morgan fingerprint density at radius 2 is 2.08 bits per heavy atom. The lowest BCUT2D eigenvalue weighted by molar-refractivity contribution is 0.0958. The van der Waals surface area contributed by atoms with E-state index in [-0.39, 0.29) is 5.91 Å². The summed E-state index contributed by atoms with van der Waals surface area (Å²) in [6.07, 6.45) is 14.0. The molecule has 3 aliphatic rings. The van der Waals surface area contributed by atoms with Crippen molar-refractivity contribution in [1.82, 2.24) is 10.2 Å². The number of hydrogen-bond donors (Lipinski definition) is 1. The van der Waals surface area contributed by atoms with Gasteiger partial charge in [-0.25, -0.2) is 0 Å². The molecule has 0 aromatic carbocycles. The van der Waals surface area contributed by atoms with Gasteiger partial charge in [-0.15, -0.1) is 11.3 Å². The number of allylic oxidation sites excluding steroid dienone is 1. The van der Waals surface area contributed by atoms with E-state index in [0.717, 1.165) is 37.0 Å². The third kappa shape index (κ3) is 3.60. The third-order valence-corrected chi connectivity index (χ3v) is 6.96. The second-order valence-corrected chi connectivity index (χ2v) is 8.65. The van der Waals surface area contributed by atoms with Crippen LogP contribution in [-0.2, 0) is 13.1 Å². The fourth-order valence-electron chi connectivity index (χ4n) is 4.39. The number of nitrogens with zero attached hydrogens (tertiary/aromatic N) is 1. The molecule has 4 heteroatoms. The molecular weight excluding hydrogens is 316 g/mol. The fourth-order valence-corrected chi connectivity index (χ4v) is 5.50. The van der Waals surface area contributed by atoms with Gasteiger partial charge < -0.3 is 5.32 Å². The van der Waals surface area contributed by atoms with E-state index in [2.05, 4.69) is 22.4 Å². The molecule has 1 aliphatic heterocycles. The summed E-state index contributed by atoms with van der Waals surface area (Å²) in [6, 6.07) is 2.93. The third-order valence-electron chi connectivity index (χ3n) is 5.80. The molecule has 0 bridgehead atoms. The molecule has 1 N–H and O–H groups in total. The first-order chi connectivity index (χ1) is 11.8. The summed E-state index contributed by atoms with van der Waals surface area (Å²) < 4.78 is 0. The Bertz CT molecular complexity index is 604. The number of amides is 1. The van der Waals surface area contributed by atoms with Gasteiger partial charge in [0.2, 0.25) is 0 Å². The van der Waals surface area contributed by atoms with Crippen LogP contribution in [0.1, 0.15) is 77.9 Å². The minimum Gasteiger partial charge on any atom is -0.351 e. The molecule has 0 atom stereocenters. The molecule has 1 saturated carbocycles. The zero-order valence-corrected chi connectivity index (χ0v) is 15.3. The van der Waals surface area contributed by atoms with Crippen molar-refractivity contribution in [3.63, 3.8) is 0 Å². The van der Waals surface area contributed by atoms with Crippen LogP contribution in [0.3, 0.4) is 0 Å². The van der Waals surface area contributed by atoms with Crippen LogP contribution in [-0.4, -0.2) is 23.4 Å². The Kier molecular flexibility index (Phi) is 5.04. The van der Waals surface area contributed by atoms with Crippen LogP contribution in [0.4, 0.5) is 0 Å². The van der Waals surface area contributed by atoms with Gasteiger partial charge in [0, 0.05) is 30.6 Å². The summed E-state index contributed by atoms with van der Waals surface area (Å²) >= 11 is 1.71. The Hall–Kier alpha value is -1.13. The number of thiophene rings is 1. The number of hydrogen-bond acceptors (Lipinski definition) is 3. The summed E-state index contributed by atoms with van der Waals surface area (Å²) in [4.78, 5) is 17.3. The number of carbonyl (C=O) groups is 1. The van der Waals surface area contributed by atoms with Crippen molar-refractivity contribution < 1.29 is 4.79 Å². The molecule has 4 rings (SSSR count). The first-order valence-electron chi connectivity index (χ1n) is 9.61. The Morgan fingerprint density at radius 1 is 1.21 bits per heavy atom. The molecule has 1 amide bonds. The fraction of sp³-hybridized carbons (Fsp3) is 0.650. The number of nitrogens with one attached hydrogen (secondary N) is 1. The van der Waals surface area contributed by atoms with E-state index in [4.69, 9.17) is 0 Å². The molecule has 1 aromatic heterocycles. The summed E-state index contributed by atoms with van der Waals surface area (Å²) in [5, 5.41) is 3.12. The topological polar surface area (TPSA) is 32.3 Å². The highest BCUT2D eigenvalue weighted by Crippen LogP contribution is 2.35. The van der Waals surface area contributed by atoms with Crippen LogP contribution in [0.15, 0.2) is 17.7 Å². The van der Waals surface area contributed by atoms with E-state index in [9.17, 15) is 4.79 Å². The smallest absolute Gasteiger partial charge is 0.261 e. The molecule has 1 aromatic rings. The monoisotopic (exact) mass is 344 g/mol. The van der Waals surface area contributed by atoms with Crippen molar-refractivity contribution in [2.45, 2.75) is 76.9 Å². The molecule has 3 nitrogen and oxygen atoms in total. The average Bonchev–Trinajstić information content (AvgIpc) is 3.31. The second kappa shape index (κ2) is 7.40. The van der Waals surface area contributed by atoms with Gasteiger partial charge in [-0.1, -0.05) is 24.5 Å². The van der Waals surface area contributed by atoms with Gasteiger partial charge in [-0.2, -0.15) is 0 Å². The molecule has 1 fully saturated rings. The SMILES string of the molecule is O=C(NCCC1=CCCCC1)c1cc2c(s1)CN(C1CCCC1)C2. The molecule has 0 spiro atoms. The van der Waals surface area contributed by atoms with Crippen molar-refractivity contribution in [3.05, 3.63) is 33.0 Å². The van der Waals surface area contributed by atoms with Crippen molar-refractivity contribution in [3.8, 4) is 0 Å². The minimum absolute atomic E-state index is 0.123. The molecule has 0 unspecified atom stereocenters. The average molecular weight is 345 g/mol. The largest absolute Gasteiger partial charge is 0.351 e. The van der Waals surface area contributed by atoms with Crippen LogP contribution < -0.4 is 5.32 Å². The highest BCUT2D eigenvalue weighted by molar-refractivity contribution is 7.14. The number of rotatable bonds is 5. The Balaban J connectivity index is 1.28. The van der Waals surface area contributed by atoms with Gasteiger partial charge in [0.1, 0.15) is 0 Å². The summed E-state index contributed by atoms with van der Waals surface area (Å²) in [6.45, 7) is 2.89. The van der Waals surface area contributed by atoms with Gasteiger partial charge in [0.25, 0.3) is 5.91 Å². The van der Waals surface area contributed by atoms with Crippen LogP contribution in [0.5, 0.6) is 0 Å². The first-order valence-corrected chi connectivity index (χ1v) is 10.4. The number of fused-ring (bicyclic) bond motifs is 1. The quantitative estimate of drug-likeness (QED) is 0.790. The van der Waals surface area contributed by atoms with Gasteiger partial charge >= 0.3 is 0 Å². The van der Waals surface area contributed by atoms with Crippen LogP contribution in [0, 0.1) is 0 Å². The minimum atomic E-state index is 0.123. The normalized spacial score (nSPS) is 21.8. The highest BCUT2D eigenvalue weighted by atomic mass is 32.1. The van der Waals surface area contributed by atoms with Gasteiger partial charge in [-0.05, 0) is 56.6 Å². The maximum atomic E-state index is 12.4. The predicted molar refractivity (Wildman–Crippen MR) is 99.3 cm³/mol. The Labute approximate surface area is 149 Å². The Morgan fingerprint density at radius 3 is 2.83 bits per heavy atom. The molecule has 2 heterocycles. The molecule has 24 heavy (non-hydrogen) atoms. The van der Waals surface area contributed by atoms with Crippen LogP contribution >= 0.6 is 11.3 Å². The van der Waals surface area contributed by atoms with Crippen molar-refractivity contribution in [2.24, 2.45) is 0 Å². The zero-order valence-electron chi connectivity index (χ0n) is 14.5. The molecular formula is C20H28N2OS. The van der Waals surface area contributed by atoms with Gasteiger partial charge in [-0.3, -0.25) is 9.69 Å². The van der Waals surface area contributed by atoms with Gasteiger partial charge in [0.05, 0.1) is 4.88 Å². The standard InChI is InChI=1S/C20H28N2OS/c23-20(21-11-10-15-6-2-1-3-7-15)18-12-16-13-22(14-19(16)24-18)17-8-4-5-9-17/h6,12,17H,1-5,7-11,13-14H2,(H,21,23). The van der Waals surface area contributed by atoms with Crippen LogP contribution in [0.2, 0.25) is 0 Å². The molecule has 130 valence electrons. The van der Waals surface area contributed by atoms with Crippen molar-refractivity contribution in [2.75, 3.05) is 6.54 Å². The second-order valence-electron chi connectivity index (χ2n) is 7.52. The van der Waals surface area contributed by atoms with Crippen molar-refractivity contribution >= 4 is 17.2 Å². The van der Waals surface area contributed by atoms with E-state index < -0.39 is 0 Å². The molecule has 0 saturated heterocycles. The molecule has 0 radical (unpaired) electrons. The van der Waals surface area contributed by atoms with E-state index in [1.807, 2.05) is 0 Å². The summed E-state index contributed by atoms with van der Waals surface area (Å²) in [5.41, 5.74) is 2.93.